The number of hydrogen-bond acceptors (Lipinski definition) is 4. The third kappa shape index (κ3) is 6.33. The van der Waals surface area contributed by atoms with Gasteiger partial charge in [-0.1, -0.05) is 60.6 Å². The molecule has 6 heteroatoms. The van der Waals surface area contributed by atoms with Crippen molar-refractivity contribution >= 4 is 22.6 Å². The van der Waals surface area contributed by atoms with Crippen LogP contribution in [-0.4, -0.2) is 35.8 Å². The molecular formula is C24H46O4Si2. The molecule has 0 fully saturated rings. The molecule has 1 aliphatic rings. The number of carbonyl (C=O) groups excluding carboxylic acids is 1. The molecule has 0 unspecified atom stereocenters. The monoisotopic (exact) mass is 454 g/mol. The fraction of sp³-hybridized carbons (Fsp3) is 0.792. The highest BCUT2D eigenvalue weighted by molar-refractivity contribution is 6.74. The van der Waals surface area contributed by atoms with Crippen molar-refractivity contribution in [2.45, 2.75) is 104 Å². The molecule has 0 aromatic carbocycles. The summed E-state index contributed by atoms with van der Waals surface area (Å²) in [5.41, 5.74) is 1.12. The second kappa shape index (κ2) is 9.33. The van der Waals surface area contributed by atoms with Crippen molar-refractivity contribution < 1.29 is 18.4 Å². The van der Waals surface area contributed by atoms with Crippen molar-refractivity contribution in [2.24, 2.45) is 11.8 Å². The van der Waals surface area contributed by atoms with Crippen LogP contribution in [0, 0.1) is 11.8 Å². The molecule has 0 saturated heterocycles. The maximum Gasteiger partial charge on any atom is 0.306 e. The first-order chi connectivity index (χ1) is 13.3. The zero-order chi connectivity index (χ0) is 23.7. The Morgan fingerprint density at radius 3 is 1.90 bits per heavy atom. The molecule has 0 heterocycles. The first kappa shape index (κ1) is 27.2. The smallest absolute Gasteiger partial charge is 0.306 e. The molecule has 3 atom stereocenters. The first-order valence-electron chi connectivity index (χ1n) is 11.2. The van der Waals surface area contributed by atoms with Crippen molar-refractivity contribution in [3.8, 4) is 0 Å². The van der Waals surface area contributed by atoms with E-state index >= 15 is 0 Å². The molecule has 30 heavy (non-hydrogen) atoms. The fourth-order valence-electron chi connectivity index (χ4n) is 2.99. The van der Waals surface area contributed by atoms with Gasteiger partial charge in [-0.2, -0.15) is 0 Å². The summed E-state index contributed by atoms with van der Waals surface area (Å²) in [6, 6.07) is 0. The van der Waals surface area contributed by atoms with Crippen LogP contribution in [0.1, 0.15) is 61.8 Å². The SMILES string of the molecule is COC(=O)C[C@@H]1C=C[C@@H](O[Si](C)(C)C(C)(C)C)[C@H](C)C(O[Si](C)(C)C(C)(C)C)=C1C. The molecule has 0 radical (unpaired) electrons. The van der Waals surface area contributed by atoms with Gasteiger partial charge in [0.25, 0.3) is 0 Å². The Balaban J connectivity index is 3.43. The molecule has 4 nitrogen and oxygen atoms in total. The number of carbonyl (C=O) groups is 1. The number of rotatable bonds is 6. The standard InChI is InChI=1S/C24H46O4Si2/c1-17-19(16-21(25)26-9)14-15-20(27-29(10,11)23(3,4)5)18(2)22(17)28-30(12,13)24(6,7)8/h14-15,18-20H,16H2,1-13H3/t18-,19-,20+/m0/s1. The summed E-state index contributed by atoms with van der Waals surface area (Å²) in [7, 11) is -2.58. The molecule has 174 valence electrons. The molecule has 0 aliphatic heterocycles. The van der Waals surface area contributed by atoms with Crippen LogP contribution in [-0.2, 0) is 18.4 Å². The Morgan fingerprint density at radius 1 is 0.967 bits per heavy atom. The number of hydrogen-bond donors (Lipinski definition) is 0. The molecule has 1 rings (SSSR count). The van der Waals surface area contributed by atoms with Crippen molar-refractivity contribution in [2.75, 3.05) is 7.11 Å². The Morgan fingerprint density at radius 2 is 1.47 bits per heavy atom. The minimum Gasteiger partial charge on any atom is -0.546 e. The zero-order valence-electron chi connectivity index (χ0n) is 21.7. The normalized spacial score (nSPS) is 24.0. The molecule has 0 bridgehead atoms. The molecule has 0 N–H and O–H groups in total. The van der Waals surface area contributed by atoms with Crippen LogP contribution in [0.2, 0.25) is 36.3 Å². The van der Waals surface area contributed by atoms with E-state index in [0.717, 1.165) is 11.3 Å². The Bertz CT molecular complexity index is 678. The average molecular weight is 455 g/mol. The Kier molecular flexibility index (Phi) is 8.45. The van der Waals surface area contributed by atoms with Crippen LogP contribution in [0.5, 0.6) is 0 Å². The summed E-state index contributed by atoms with van der Waals surface area (Å²) in [5.74, 6) is 0.858. The highest BCUT2D eigenvalue weighted by Crippen LogP contribution is 2.44. The van der Waals surface area contributed by atoms with E-state index in [9.17, 15) is 4.79 Å². The summed E-state index contributed by atoms with van der Waals surface area (Å²) >= 11 is 0. The minimum atomic E-state index is -2.05. The van der Waals surface area contributed by atoms with E-state index in [-0.39, 0.29) is 34.0 Å². The predicted octanol–water partition coefficient (Wildman–Crippen LogP) is 7.06. The first-order valence-corrected chi connectivity index (χ1v) is 17.0. The van der Waals surface area contributed by atoms with Gasteiger partial charge in [0.15, 0.2) is 8.32 Å². The maximum absolute atomic E-state index is 12.1. The Labute approximate surface area is 187 Å². The Hall–Kier alpha value is -0.856. The zero-order valence-corrected chi connectivity index (χ0v) is 23.7. The summed E-state index contributed by atoms with van der Waals surface area (Å²) in [4.78, 5) is 12.1. The fourth-order valence-corrected chi connectivity index (χ4v) is 5.51. The lowest BCUT2D eigenvalue weighted by Gasteiger charge is -2.42. The summed E-state index contributed by atoms with van der Waals surface area (Å²) in [6.07, 6.45) is 4.54. The van der Waals surface area contributed by atoms with Gasteiger partial charge in [-0.25, -0.2) is 0 Å². The van der Waals surface area contributed by atoms with Crippen molar-refractivity contribution in [3.63, 3.8) is 0 Å². The average Bonchev–Trinajstić information content (AvgIpc) is 2.66. The van der Waals surface area contributed by atoms with E-state index in [1.54, 1.807) is 0 Å². The van der Waals surface area contributed by atoms with Crippen LogP contribution in [0.4, 0.5) is 0 Å². The van der Waals surface area contributed by atoms with Crippen molar-refractivity contribution in [1.29, 1.82) is 0 Å². The van der Waals surface area contributed by atoms with Gasteiger partial charge in [0.05, 0.1) is 25.4 Å². The van der Waals surface area contributed by atoms with Crippen LogP contribution in [0.3, 0.4) is 0 Å². The molecule has 0 spiro atoms. The van der Waals surface area contributed by atoms with E-state index in [1.165, 1.54) is 7.11 Å². The number of methoxy groups -OCH3 is 1. The topological polar surface area (TPSA) is 44.8 Å². The van der Waals surface area contributed by atoms with E-state index in [2.05, 4.69) is 93.7 Å². The van der Waals surface area contributed by atoms with Gasteiger partial charge >= 0.3 is 5.97 Å². The van der Waals surface area contributed by atoms with Crippen LogP contribution < -0.4 is 0 Å². The second-order valence-electron chi connectivity index (χ2n) is 11.8. The predicted molar refractivity (Wildman–Crippen MR) is 131 cm³/mol. The van der Waals surface area contributed by atoms with Gasteiger partial charge in [-0.3, -0.25) is 4.79 Å². The molecular weight excluding hydrogens is 408 g/mol. The van der Waals surface area contributed by atoms with Crippen LogP contribution in [0.25, 0.3) is 0 Å². The third-order valence-electron chi connectivity index (χ3n) is 7.41. The maximum atomic E-state index is 12.1. The van der Waals surface area contributed by atoms with Crippen LogP contribution in [0.15, 0.2) is 23.5 Å². The van der Waals surface area contributed by atoms with Gasteiger partial charge < -0.3 is 13.6 Å². The van der Waals surface area contributed by atoms with Crippen LogP contribution >= 0.6 is 0 Å². The highest BCUT2D eigenvalue weighted by Gasteiger charge is 2.44. The van der Waals surface area contributed by atoms with E-state index in [1.807, 2.05) is 0 Å². The molecule has 0 saturated carbocycles. The minimum absolute atomic E-state index is 0.0346. The summed E-state index contributed by atoms with van der Waals surface area (Å²) in [5, 5.41) is 0.213. The molecule has 0 amide bonds. The number of esters is 1. The number of allylic oxidation sites excluding steroid dienone is 2. The number of ether oxygens (including phenoxy) is 1. The molecule has 1 aliphatic carbocycles. The third-order valence-corrected chi connectivity index (χ3v) is 16.2. The van der Waals surface area contributed by atoms with E-state index in [4.69, 9.17) is 13.6 Å². The summed E-state index contributed by atoms with van der Waals surface area (Å²) < 4.78 is 18.7. The lowest BCUT2D eigenvalue weighted by molar-refractivity contribution is -0.141. The van der Waals surface area contributed by atoms with Gasteiger partial charge in [0.1, 0.15) is 0 Å². The largest absolute Gasteiger partial charge is 0.546 e. The lowest BCUT2D eigenvalue weighted by Crippen LogP contribution is -2.46. The van der Waals surface area contributed by atoms with Gasteiger partial charge in [-0.05, 0) is 48.8 Å². The quantitative estimate of drug-likeness (QED) is 0.245. The van der Waals surface area contributed by atoms with E-state index < -0.39 is 16.6 Å². The van der Waals surface area contributed by atoms with Gasteiger partial charge in [0, 0.05) is 11.8 Å². The molecule has 0 aromatic rings. The van der Waals surface area contributed by atoms with Gasteiger partial charge in [0.2, 0.25) is 8.32 Å². The van der Waals surface area contributed by atoms with Crippen molar-refractivity contribution in [3.05, 3.63) is 23.5 Å². The molecule has 0 aromatic heterocycles. The summed E-state index contributed by atoms with van der Waals surface area (Å²) in [6.45, 7) is 27.0. The van der Waals surface area contributed by atoms with Crippen molar-refractivity contribution in [1.82, 2.24) is 0 Å². The van der Waals surface area contributed by atoms with E-state index in [0.29, 0.717) is 6.42 Å². The lowest BCUT2D eigenvalue weighted by atomic mass is 9.94. The van der Waals surface area contributed by atoms with Gasteiger partial charge in [-0.15, -0.1) is 0 Å². The second-order valence-corrected chi connectivity index (χ2v) is 21.3. The highest BCUT2D eigenvalue weighted by atomic mass is 28.4.